The first-order valence-corrected chi connectivity index (χ1v) is 6.37. The summed E-state index contributed by atoms with van der Waals surface area (Å²) in [7, 11) is 0. The van der Waals surface area contributed by atoms with Crippen molar-refractivity contribution >= 4 is 24.0 Å². The molecule has 0 bridgehead atoms. The SMILES string of the molecule is Cc1ccc(NC(=O)CNCC2CC2)c(C)c1O.Cl. The molecule has 0 aromatic heterocycles. The van der Waals surface area contributed by atoms with E-state index in [4.69, 9.17) is 0 Å². The van der Waals surface area contributed by atoms with E-state index in [9.17, 15) is 9.90 Å². The zero-order valence-electron chi connectivity index (χ0n) is 11.3. The summed E-state index contributed by atoms with van der Waals surface area (Å²) in [5.74, 6) is 0.948. The number of phenolic OH excluding ortho intramolecular Hbond substituents is 1. The molecule has 0 atom stereocenters. The number of aryl methyl sites for hydroxylation is 1. The van der Waals surface area contributed by atoms with Gasteiger partial charge in [-0.15, -0.1) is 12.4 Å². The summed E-state index contributed by atoms with van der Waals surface area (Å²) in [5, 5.41) is 15.7. The smallest absolute Gasteiger partial charge is 0.238 e. The molecular formula is C14H21ClN2O2. The highest BCUT2D eigenvalue weighted by atomic mass is 35.5. The Kier molecular flexibility index (Phi) is 5.63. The van der Waals surface area contributed by atoms with Crippen molar-refractivity contribution < 1.29 is 9.90 Å². The van der Waals surface area contributed by atoms with Crippen LogP contribution < -0.4 is 10.6 Å². The van der Waals surface area contributed by atoms with Crippen LogP contribution in [0, 0.1) is 19.8 Å². The minimum atomic E-state index is -0.0676. The normalized spacial score (nSPS) is 13.8. The fourth-order valence-electron chi connectivity index (χ4n) is 1.88. The summed E-state index contributed by atoms with van der Waals surface area (Å²) in [4.78, 5) is 11.7. The Morgan fingerprint density at radius 3 is 2.68 bits per heavy atom. The molecule has 0 saturated heterocycles. The molecule has 0 aliphatic heterocycles. The number of nitrogens with one attached hydrogen (secondary N) is 2. The van der Waals surface area contributed by atoms with E-state index in [0.717, 1.165) is 18.0 Å². The van der Waals surface area contributed by atoms with Crippen LogP contribution in [0.5, 0.6) is 5.75 Å². The van der Waals surface area contributed by atoms with E-state index in [0.29, 0.717) is 17.8 Å². The molecule has 1 aliphatic rings. The Balaban J connectivity index is 0.00000180. The van der Waals surface area contributed by atoms with Crippen LogP contribution in [0.2, 0.25) is 0 Å². The molecule has 4 nitrogen and oxygen atoms in total. The summed E-state index contributed by atoms with van der Waals surface area (Å²) in [6.45, 7) is 4.89. The van der Waals surface area contributed by atoms with Crippen LogP contribution in [0.15, 0.2) is 12.1 Å². The van der Waals surface area contributed by atoms with Gasteiger partial charge in [0.05, 0.1) is 6.54 Å². The second kappa shape index (κ2) is 6.78. The molecular weight excluding hydrogens is 264 g/mol. The average Bonchev–Trinajstić information content (AvgIpc) is 3.14. The molecule has 2 rings (SSSR count). The van der Waals surface area contributed by atoms with Gasteiger partial charge in [-0.25, -0.2) is 0 Å². The van der Waals surface area contributed by atoms with Gasteiger partial charge in [0.15, 0.2) is 0 Å². The number of carbonyl (C=O) groups is 1. The molecule has 5 heteroatoms. The molecule has 1 aromatic rings. The second-order valence-corrected chi connectivity index (χ2v) is 5.03. The summed E-state index contributed by atoms with van der Waals surface area (Å²) in [6, 6.07) is 3.62. The predicted molar refractivity (Wildman–Crippen MR) is 79.1 cm³/mol. The van der Waals surface area contributed by atoms with Crippen LogP contribution in [0.3, 0.4) is 0 Å². The molecule has 0 spiro atoms. The van der Waals surface area contributed by atoms with Gasteiger partial charge in [0, 0.05) is 11.3 Å². The van der Waals surface area contributed by atoms with E-state index in [1.54, 1.807) is 13.0 Å². The standard InChI is InChI=1S/C14H20N2O2.ClH/c1-9-3-6-12(10(2)14(9)18)16-13(17)8-15-7-11-4-5-11;/h3,6,11,15,18H,4-5,7-8H2,1-2H3,(H,16,17);1H. The van der Waals surface area contributed by atoms with E-state index < -0.39 is 0 Å². The Hall–Kier alpha value is -1.26. The van der Waals surface area contributed by atoms with E-state index in [1.165, 1.54) is 12.8 Å². The molecule has 1 aliphatic carbocycles. The topological polar surface area (TPSA) is 61.4 Å². The summed E-state index contributed by atoms with van der Waals surface area (Å²) < 4.78 is 0. The van der Waals surface area contributed by atoms with Crippen molar-refractivity contribution in [2.75, 3.05) is 18.4 Å². The van der Waals surface area contributed by atoms with Gasteiger partial charge in [-0.05, 0) is 50.8 Å². The van der Waals surface area contributed by atoms with Crippen molar-refractivity contribution in [3.05, 3.63) is 23.3 Å². The van der Waals surface area contributed by atoms with Gasteiger partial charge in [-0.2, -0.15) is 0 Å². The Morgan fingerprint density at radius 2 is 2.05 bits per heavy atom. The summed E-state index contributed by atoms with van der Waals surface area (Å²) >= 11 is 0. The van der Waals surface area contributed by atoms with Gasteiger partial charge in [-0.3, -0.25) is 4.79 Å². The molecule has 1 saturated carbocycles. The van der Waals surface area contributed by atoms with Crippen LogP contribution in [-0.2, 0) is 4.79 Å². The predicted octanol–water partition coefficient (Wildman–Crippen LogP) is 2.37. The van der Waals surface area contributed by atoms with Crippen LogP contribution in [-0.4, -0.2) is 24.1 Å². The monoisotopic (exact) mass is 284 g/mol. The maximum atomic E-state index is 11.7. The number of phenols is 1. The molecule has 106 valence electrons. The molecule has 0 radical (unpaired) electrons. The number of benzene rings is 1. The highest BCUT2D eigenvalue weighted by Gasteiger charge is 2.20. The van der Waals surface area contributed by atoms with E-state index >= 15 is 0 Å². The first-order chi connectivity index (χ1) is 8.58. The largest absolute Gasteiger partial charge is 0.507 e. The number of anilines is 1. The number of amides is 1. The molecule has 0 heterocycles. The number of carbonyl (C=O) groups excluding carboxylic acids is 1. The molecule has 1 amide bonds. The first-order valence-electron chi connectivity index (χ1n) is 6.37. The number of aromatic hydroxyl groups is 1. The van der Waals surface area contributed by atoms with Gasteiger partial charge >= 0.3 is 0 Å². The van der Waals surface area contributed by atoms with E-state index in [-0.39, 0.29) is 24.1 Å². The lowest BCUT2D eigenvalue weighted by atomic mass is 10.1. The van der Waals surface area contributed by atoms with Gasteiger partial charge in [0.1, 0.15) is 5.75 Å². The number of hydrogen-bond donors (Lipinski definition) is 3. The number of hydrogen-bond acceptors (Lipinski definition) is 3. The van der Waals surface area contributed by atoms with Crippen LogP contribution in [0.1, 0.15) is 24.0 Å². The lowest BCUT2D eigenvalue weighted by Crippen LogP contribution is -2.29. The Labute approximate surface area is 120 Å². The Bertz CT molecular complexity index is 459. The van der Waals surface area contributed by atoms with Crippen molar-refractivity contribution in [2.24, 2.45) is 5.92 Å². The highest BCUT2D eigenvalue weighted by Crippen LogP contribution is 2.28. The van der Waals surface area contributed by atoms with Crippen molar-refractivity contribution in [3.63, 3.8) is 0 Å². The third-order valence-electron chi connectivity index (χ3n) is 3.32. The van der Waals surface area contributed by atoms with Crippen molar-refractivity contribution in [3.8, 4) is 5.75 Å². The maximum absolute atomic E-state index is 11.7. The average molecular weight is 285 g/mol. The zero-order chi connectivity index (χ0) is 13.1. The molecule has 19 heavy (non-hydrogen) atoms. The Morgan fingerprint density at radius 1 is 1.37 bits per heavy atom. The van der Waals surface area contributed by atoms with E-state index in [2.05, 4.69) is 10.6 Å². The zero-order valence-corrected chi connectivity index (χ0v) is 12.1. The quantitative estimate of drug-likeness (QED) is 0.778. The molecule has 3 N–H and O–H groups in total. The van der Waals surface area contributed by atoms with Crippen LogP contribution in [0.4, 0.5) is 5.69 Å². The lowest BCUT2D eigenvalue weighted by molar-refractivity contribution is -0.115. The molecule has 0 unspecified atom stereocenters. The summed E-state index contributed by atoms with van der Waals surface area (Å²) in [5.41, 5.74) is 2.21. The third-order valence-corrected chi connectivity index (χ3v) is 3.32. The fourth-order valence-corrected chi connectivity index (χ4v) is 1.88. The van der Waals surface area contributed by atoms with Crippen LogP contribution >= 0.6 is 12.4 Å². The third kappa shape index (κ3) is 4.40. The van der Waals surface area contributed by atoms with Gasteiger partial charge in [0.25, 0.3) is 0 Å². The highest BCUT2D eigenvalue weighted by molar-refractivity contribution is 5.93. The number of halogens is 1. The lowest BCUT2D eigenvalue weighted by Gasteiger charge is -2.11. The minimum Gasteiger partial charge on any atom is -0.507 e. The molecule has 1 fully saturated rings. The molecule has 1 aromatic carbocycles. The minimum absolute atomic E-state index is 0. The fraction of sp³-hybridized carbons (Fsp3) is 0.500. The second-order valence-electron chi connectivity index (χ2n) is 5.03. The van der Waals surface area contributed by atoms with Gasteiger partial charge in [0.2, 0.25) is 5.91 Å². The number of rotatable bonds is 5. The van der Waals surface area contributed by atoms with Crippen molar-refractivity contribution in [1.29, 1.82) is 0 Å². The van der Waals surface area contributed by atoms with Crippen molar-refractivity contribution in [2.45, 2.75) is 26.7 Å². The first kappa shape index (κ1) is 15.8. The van der Waals surface area contributed by atoms with Crippen molar-refractivity contribution in [1.82, 2.24) is 5.32 Å². The van der Waals surface area contributed by atoms with Gasteiger partial charge < -0.3 is 15.7 Å². The van der Waals surface area contributed by atoms with Crippen LogP contribution in [0.25, 0.3) is 0 Å². The van der Waals surface area contributed by atoms with E-state index in [1.807, 2.05) is 13.0 Å². The van der Waals surface area contributed by atoms with Gasteiger partial charge in [-0.1, -0.05) is 6.07 Å². The summed E-state index contributed by atoms with van der Waals surface area (Å²) in [6.07, 6.45) is 2.55. The maximum Gasteiger partial charge on any atom is 0.238 e.